The van der Waals surface area contributed by atoms with Gasteiger partial charge in [-0.3, -0.25) is 0 Å². The van der Waals surface area contributed by atoms with Crippen molar-refractivity contribution in [2.24, 2.45) is 0 Å². The van der Waals surface area contributed by atoms with Crippen LogP contribution in [0.25, 0.3) is 112 Å². The Labute approximate surface area is 408 Å². The third-order valence-electron chi connectivity index (χ3n) is 13.5. The van der Waals surface area contributed by atoms with Gasteiger partial charge in [-0.05, 0) is 70.0 Å². The predicted octanol–water partition coefficient (Wildman–Crippen LogP) is 12.3. The van der Waals surface area contributed by atoms with E-state index in [1.807, 2.05) is 152 Å². The number of fused-ring (bicyclic) bond motifs is 7. The van der Waals surface area contributed by atoms with Gasteiger partial charge >= 0.3 is 0 Å². The SMILES string of the molecule is [C-]#[N+]c1ccc(-c2cc3c4c(c2)-n2c5ccc(-c6nc(-c7ccccc7)nc(-c7ccccc7)n6)cc5c5cc(-c6nc(-c7ccccc7)nc(-c7ccccc7)n6)cc(c52)B4c2ccccc2O3)cc1. The molecular weight excluding hydrogens is 872 g/mol. The third kappa shape index (κ3) is 6.71. The van der Waals surface area contributed by atoms with Crippen LogP contribution < -0.4 is 21.1 Å². The normalized spacial score (nSPS) is 12.0. The summed E-state index contributed by atoms with van der Waals surface area (Å²) in [5, 5.41) is 2.04. The van der Waals surface area contributed by atoms with E-state index in [4.69, 9.17) is 41.2 Å². The Kier molecular flexibility index (Phi) is 9.16. The number of ether oxygens (including phenoxy) is 1. The monoisotopic (exact) mass is 906 g/mol. The van der Waals surface area contributed by atoms with E-state index in [1.165, 1.54) is 0 Å². The summed E-state index contributed by atoms with van der Waals surface area (Å²) < 4.78 is 9.33. The van der Waals surface area contributed by atoms with E-state index < -0.39 is 0 Å². The van der Waals surface area contributed by atoms with Gasteiger partial charge in [-0.2, -0.15) is 0 Å². The second-order valence-electron chi connectivity index (χ2n) is 17.7. The number of hydrogen-bond acceptors (Lipinski definition) is 7. The lowest BCUT2D eigenvalue weighted by molar-refractivity contribution is 0.487. The molecule has 0 amide bonds. The van der Waals surface area contributed by atoms with Crippen LogP contribution in [-0.4, -0.2) is 41.2 Å². The summed E-state index contributed by atoms with van der Waals surface area (Å²) in [5.41, 5.74) is 14.2. The molecule has 2 aliphatic heterocycles. The average Bonchev–Trinajstić information content (AvgIpc) is 3.79. The Morgan fingerprint density at radius 1 is 0.380 bits per heavy atom. The fourth-order valence-electron chi connectivity index (χ4n) is 10.3. The summed E-state index contributed by atoms with van der Waals surface area (Å²) in [5.74, 6) is 5.08. The number of benzene rings is 9. The van der Waals surface area contributed by atoms with Gasteiger partial charge in [-0.25, -0.2) is 34.7 Å². The molecule has 0 bridgehead atoms. The van der Waals surface area contributed by atoms with Crippen LogP contribution in [0.15, 0.2) is 212 Å². The topological polar surface area (TPSA) is 95.9 Å². The molecule has 14 rings (SSSR count). The van der Waals surface area contributed by atoms with E-state index in [-0.39, 0.29) is 6.71 Å². The Balaban J connectivity index is 1.07. The lowest BCUT2D eigenvalue weighted by Gasteiger charge is -2.34. The van der Waals surface area contributed by atoms with E-state index >= 15 is 0 Å². The predicted molar refractivity (Wildman–Crippen MR) is 283 cm³/mol. The van der Waals surface area contributed by atoms with E-state index in [2.05, 4.69) is 70.1 Å². The highest BCUT2D eigenvalue weighted by molar-refractivity contribution is 6.99. The van der Waals surface area contributed by atoms with E-state index in [9.17, 15) is 0 Å². The van der Waals surface area contributed by atoms with Crippen LogP contribution in [0.4, 0.5) is 5.69 Å². The molecule has 0 radical (unpaired) electrons. The van der Waals surface area contributed by atoms with Crippen molar-refractivity contribution < 1.29 is 4.74 Å². The third-order valence-corrected chi connectivity index (χ3v) is 13.5. The lowest BCUT2D eigenvalue weighted by atomic mass is 9.34. The fraction of sp³-hybridized carbons (Fsp3) is 0. The van der Waals surface area contributed by atoms with Crippen LogP contribution in [0.2, 0.25) is 0 Å². The Bertz CT molecular complexity index is 4030. The van der Waals surface area contributed by atoms with Gasteiger partial charge in [0.05, 0.1) is 12.1 Å². The van der Waals surface area contributed by atoms with E-state index in [1.54, 1.807) is 0 Å². The maximum atomic E-state index is 7.62. The summed E-state index contributed by atoms with van der Waals surface area (Å²) in [7, 11) is 0. The van der Waals surface area contributed by atoms with Crippen LogP contribution in [0.1, 0.15) is 0 Å². The van der Waals surface area contributed by atoms with Crippen molar-refractivity contribution in [3.8, 4) is 96.6 Å². The molecule has 0 fully saturated rings. The molecule has 9 nitrogen and oxygen atoms in total. The molecule has 12 aromatic rings. The zero-order chi connectivity index (χ0) is 47.0. The summed E-state index contributed by atoms with van der Waals surface area (Å²) >= 11 is 0. The van der Waals surface area contributed by atoms with E-state index in [0.717, 1.165) is 99.9 Å². The number of aromatic nitrogens is 7. The molecule has 0 aliphatic carbocycles. The molecule has 0 saturated carbocycles. The first kappa shape index (κ1) is 40.2. The van der Waals surface area contributed by atoms with Gasteiger partial charge in [0.1, 0.15) is 11.5 Å². The maximum absolute atomic E-state index is 7.62. The van der Waals surface area contributed by atoms with Crippen LogP contribution in [0, 0.1) is 6.57 Å². The van der Waals surface area contributed by atoms with Crippen molar-refractivity contribution in [3.63, 3.8) is 0 Å². The zero-order valence-corrected chi connectivity index (χ0v) is 37.8. The van der Waals surface area contributed by atoms with Gasteiger partial charge in [0.2, 0.25) is 0 Å². The molecule has 0 N–H and O–H groups in total. The highest BCUT2D eigenvalue weighted by Crippen LogP contribution is 2.42. The molecule has 0 atom stereocenters. The quantitative estimate of drug-likeness (QED) is 0.116. The fourth-order valence-corrected chi connectivity index (χ4v) is 10.3. The molecule has 9 aromatic carbocycles. The second kappa shape index (κ2) is 16.2. The lowest BCUT2D eigenvalue weighted by Crippen LogP contribution is -2.58. The molecule has 71 heavy (non-hydrogen) atoms. The largest absolute Gasteiger partial charge is 0.458 e. The number of hydrogen-bond donors (Lipinski definition) is 0. The minimum Gasteiger partial charge on any atom is -0.458 e. The minimum absolute atomic E-state index is 0.198. The van der Waals surface area contributed by atoms with E-state index in [0.29, 0.717) is 40.6 Å². The van der Waals surface area contributed by atoms with Crippen LogP contribution in [0.5, 0.6) is 11.5 Å². The zero-order valence-electron chi connectivity index (χ0n) is 37.8. The molecular formula is C61H35BN8O. The van der Waals surface area contributed by atoms with Crippen LogP contribution in [0.3, 0.4) is 0 Å². The van der Waals surface area contributed by atoms with Gasteiger partial charge in [-0.1, -0.05) is 170 Å². The summed E-state index contributed by atoms with van der Waals surface area (Å²) in [6.45, 7) is 7.42. The molecule has 3 aromatic heterocycles. The first-order chi connectivity index (χ1) is 35.1. The summed E-state index contributed by atoms with van der Waals surface area (Å²) in [6.07, 6.45) is 0. The molecule has 5 heterocycles. The number of rotatable bonds is 7. The Hall–Kier alpha value is -9.85. The highest BCUT2D eigenvalue weighted by atomic mass is 16.5. The van der Waals surface area contributed by atoms with Gasteiger partial charge in [0.25, 0.3) is 6.71 Å². The van der Waals surface area contributed by atoms with Crippen molar-refractivity contribution in [1.82, 2.24) is 34.5 Å². The molecule has 10 heteroatoms. The van der Waals surface area contributed by atoms with Crippen LogP contribution in [-0.2, 0) is 0 Å². The second-order valence-corrected chi connectivity index (χ2v) is 17.7. The van der Waals surface area contributed by atoms with Gasteiger partial charge in [-0.15, -0.1) is 0 Å². The Morgan fingerprint density at radius 3 is 1.41 bits per heavy atom. The van der Waals surface area contributed by atoms with Crippen molar-refractivity contribution in [2.45, 2.75) is 0 Å². The smallest absolute Gasteiger partial charge is 0.256 e. The first-order valence-corrected chi connectivity index (χ1v) is 23.4. The molecule has 0 spiro atoms. The van der Waals surface area contributed by atoms with Crippen molar-refractivity contribution in [3.05, 3.63) is 224 Å². The highest BCUT2D eigenvalue weighted by Gasteiger charge is 2.41. The molecule has 0 unspecified atom stereocenters. The number of para-hydroxylation sites is 1. The molecule has 2 aliphatic rings. The minimum atomic E-state index is -0.198. The van der Waals surface area contributed by atoms with Gasteiger partial charge < -0.3 is 9.30 Å². The van der Waals surface area contributed by atoms with Crippen molar-refractivity contribution in [2.75, 3.05) is 0 Å². The first-order valence-electron chi connectivity index (χ1n) is 23.4. The van der Waals surface area contributed by atoms with Crippen molar-refractivity contribution in [1.29, 1.82) is 0 Å². The molecule has 0 saturated heterocycles. The maximum Gasteiger partial charge on any atom is 0.256 e. The Morgan fingerprint density at radius 2 is 0.859 bits per heavy atom. The number of nitrogens with zero attached hydrogens (tertiary/aromatic N) is 8. The average molecular weight is 907 g/mol. The van der Waals surface area contributed by atoms with Gasteiger partial charge in [0.15, 0.2) is 40.6 Å². The standard InChI is InChI=1S/C61H35BN8O/c1-63-45-29-26-37(27-30-45)43-35-51-54-53(36-43)71-52-25-15-14-24-48(52)62(54)49-34-44(61-68-58(40-20-10-4-11-21-40)65-59(69-61)41-22-12-5-13-23-41)33-47-46-32-42(28-31-50(46)70(51)55(47)49)60-66-56(38-16-6-2-7-17-38)64-57(67-60)39-18-8-3-9-19-39/h2-36H. The van der Waals surface area contributed by atoms with Crippen LogP contribution >= 0.6 is 0 Å². The summed E-state index contributed by atoms with van der Waals surface area (Å²) in [6, 6.07) is 71.9. The van der Waals surface area contributed by atoms with Crippen molar-refractivity contribution >= 4 is 50.6 Å². The molecule has 328 valence electrons. The summed E-state index contributed by atoms with van der Waals surface area (Å²) in [4.78, 5) is 34.5. The van der Waals surface area contributed by atoms with Gasteiger partial charge in [0, 0.05) is 55.4 Å².